The summed E-state index contributed by atoms with van der Waals surface area (Å²) >= 11 is 0. The number of para-hydroxylation sites is 2. The van der Waals surface area contributed by atoms with E-state index in [9.17, 15) is 4.79 Å². The second-order valence-electron chi connectivity index (χ2n) is 3.79. The van der Waals surface area contributed by atoms with E-state index in [1.807, 2.05) is 43.3 Å². The van der Waals surface area contributed by atoms with Gasteiger partial charge in [0, 0.05) is 13.1 Å². The normalized spacial score (nSPS) is 11.4. The lowest BCUT2D eigenvalue weighted by Gasteiger charge is -2.08. The third-order valence-corrected chi connectivity index (χ3v) is 2.34. The molecule has 15 heavy (non-hydrogen) atoms. The third kappa shape index (κ3) is 1.94. The van der Waals surface area contributed by atoms with Gasteiger partial charge in [0.05, 0.1) is 5.52 Å². The Balaban J connectivity index is 2.41. The molecular formula is C11H14N2O2. The molecule has 4 heteroatoms. The highest BCUT2D eigenvalue weighted by Crippen LogP contribution is 2.11. The second kappa shape index (κ2) is 3.90. The maximum Gasteiger partial charge on any atom is 0.419 e. The highest BCUT2D eigenvalue weighted by Gasteiger charge is 2.07. The van der Waals surface area contributed by atoms with E-state index in [1.165, 1.54) is 0 Å². The van der Waals surface area contributed by atoms with Crippen LogP contribution in [0.3, 0.4) is 0 Å². The van der Waals surface area contributed by atoms with E-state index in [2.05, 4.69) is 0 Å². The van der Waals surface area contributed by atoms with Crippen LogP contribution in [0.25, 0.3) is 11.1 Å². The molecule has 0 radical (unpaired) electrons. The van der Waals surface area contributed by atoms with Crippen LogP contribution >= 0.6 is 0 Å². The Hall–Kier alpha value is -1.55. The fraction of sp³-hybridized carbons (Fsp3) is 0.364. The minimum absolute atomic E-state index is 0.280. The molecule has 0 spiro atoms. The molecule has 0 saturated heterocycles. The first-order chi connectivity index (χ1) is 7.18. The van der Waals surface area contributed by atoms with Gasteiger partial charge in [-0.2, -0.15) is 0 Å². The summed E-state index contributed by atoms with van der Waals surface area (Å²) in [6, 6.07) is 7.48. The molecular weight excluding hydrogens is 192 g/mol. The fourth-order valence-electron chi connectivity index (χ4n) is 1.53. The number of benzene rings is 1. The minimum atomic E-state index is -0.280. The van der Waals surface area contributed by atoms with E-state index in [4.69, 9.17) is 4.42 Å². The van der Waals surface area contributed by atoms with E-state index in [-0.39, 0.29) is 5.76 Å². The van der Waals surface area contributed by atoms with Crippen LogP contribution in [0.1, 0.15) is 0 Å². The Morgan fingerprint density at radius 2 is 2.07 bits per heavy atom. The number of nitrogens with zero attached hydrogens (tertiary/aromatic N) is 2. The number of oxazole rings is 1. The van der Waals surface area contributed by atoms with Gasteiger partial charge < -0.3 is 9.32 Å². The van der Waals surface area contributed by atoms with Crippen LogP contribution in [0, 0.1) is 0 Å². The van der Waals surface area contributed by atoms with Gasteiger partial charge in [-0.25, -0.2) is 4.79 Å². The monoisotopic (exact) mass is 206 g/mol. The van der Waals surface area contributed by atoms with Gasteiger partial charge in [0.2, 0.25) is 0 Å². The number of likely N-dealkylation sites (N-methyl/N-ethyl adjacent to an activating group) is 1. The minimum Gasteiger partial charge on any atom is -0.408 e. The standard InChI is InChI=1S/C11H14N2O2/c1-12(2)7-8-13-9-5-3-4-6-10(9)15-11(13)14/h3-6H,7-8H2,1-2H3. The highest BCUT2D eigenvalue weighted by atomic mass is 16.4. The van der Waals surface area contributed by atoms with E-state index in [1.54, 1.807) is 4.57 Å². The molecule has 0 fully saturated rings. The SMILES string of the molecule is CN(C)CCn1c(=O)oc2ccccc21. The summed E-state index contributed by atoms with van der Waals surface area (Å²) in [5.41, 5.74) is 1.52. The first-order valence-corrected chi connectivity index (χ1v) is 4.91. The van der Waals surface area contributed by atoms with Crippen molar-refractivity contribution in [2.45, 2.75) is 6.54 Å². The van der Waals surface area contributed by atoms with Gasteiger partial charge in [0.15, 0.2) is 5.58 Å². The summed E-state index contributed by atoms with van der Waals surface area (Å²) in [6.07, 6.45) is 0. The van der Waals surface area contributed by atoms with E-state index in [0.717, 1.165) is 12.1 Å². The molecule has 0 amide bonds. The van der Waals surface area contributed by atoms with Crippen molar-refractivity contribution in [2.24, 2.45) is 0 Å². The zero-order valence-corrected chi connectivity index (χ0v) is 8.93. The molecule has 1 heterocycles. The Morgan fingerprint density at radius 1 is 1.33 bits per heavy atom. The van der Waals surface area contributed by atoms with Crippen LogP contribution in [0.5, 0.6) is 0 Å². The molecule has 1 aromatic carbocycles. The lowest BCUT2D eigenvalue weighted by molar-refractivity contribution is 0.374. The van der Waals surface area contributed by atoms with Crippen LogP contribution in [0.2, 0.25) is 0 Å². The summed E-state index contributed by atoms with van der Waals surface area (Å²) in [4.78, 5) is 13.6. The molecule has 2 rings (SSSR count). The average molecular weight is 206 g/mol. The Morgan fingerprint density at radius 3 is 2.80 bits per heavy atom. The van der Waals surface area contributed by atoms with Crippen LogP contribution in [-0.2, 0) is 6.54 Å². The fourth-order valence-corrected chi connectivity index (χ4v) is 1.53. The average Bonchev–Trinajstić information content (AvgIpc) is 2.50. The second-order valence-corrected chi connectivity index (χ2v) is 3.79. The van der Waals surface area contributed by atoms with Gasteiger partial charge >= 0.3 is 5.76 Å². The predicted octanol–water partition coefficient (Wildman–Crippen LogP) is 1.16. The summed E-state index contributed by atoms with van der Waals surface area (Å²) in [6.45, 7) is 1.48. The van der Waals surface area contributed by atoms with Crippen LogP contribution in [0.15, 0.2) is 33.5 Å². The first-order valence-electron chi connectivity index (χ1n) is 4.91. The Labute approximate surface area is 87.7 Å². The molecule has 0 N–H and O–H groups in total. The lowest BCUT2D eigenvalue weighted by Crippen LogP contribution is -2.23. The first kappa shape index (κ1) is 9.98. The summed E-state index contributed by atoms with van der Waals surface area (Å²) in [5, 5.41) is 0. The zero-order valence-electron chi connectivity index (χ0n) is 8.93. The van der Waals surface area contributed by atoms with Gasteiger partial charge in [-0.3, -0.25) is 4.57 Å². The molecule has 0 atom stereocenters. The predicted molar refractivity (Wildman–Crippen MR) is 59.0 cm³/mol. The third-order valence-electron chi connectivity index (χ3n) is 2.34. The van der Waals surface area contributed by atoms with Crippen molar-refractivity contribution in [2.75, 3.05) is 20.6 Å². The summed E-state index contributed by atoms with van der Waals surface area (Å²) < 4.78 is 6.78. The highest BCUT2D eigenvalue weighted by molar-refractivity contribution is 5.72. The van der Waals surface area contributed by atoms with Crippen molar-refractivity contribution < 1.29 is 4.42 Å². The van der Waals surface area contributed by atoms with Crippen molar-refractivity contribution in [3.8, 4) is 0 Å². The molecule has 80 valence electrons. The van der Waals surface area contributed by atoms with Crippen LogP contribution in [0.4, 0.5) is 0 Å². The van der Waals surface area contributed by atoms with E-state index < -0.39 is 0 Å². The molecule has 0 aliphatic rings. The van der Waals surface area contributed by atoms with Gasteiger partial charge in [-0.15, -0.1) is 0 Å². The molecule has 0 aliphatic carbocycles. The molecule has 2 aromatic rings. The largest absolute Gasteiger partial charge is 0.419 e. The zero-order chi connectivity index (χ0) is 10.8. The number of fused-ring (bicyclic) bond motifs is 1. The van der Waals surface area contributed by atoms with Crippen LogP contribution in [-0.4, -0.2) is 30.1 Å². The molecule has 0 saturated carbocycles. The van der Waals surface area contributed by atoms with Crippen molar-refractivity contribution in [3.63, 3.8) is 0 Å². The molecule has 1 aromatic heterocycles. The van der Waals surface area contributed by atoms with Gasteiger partial charge in [0.1, 0.15) is 0 Å². The van der Waals surface area contributed by atoms with E-state index >= 15 is 0 Å². The molecule has 0 bridgehead atoms. The van der Waals surface area contributed by atoms with Crippen molar-refractivity contribution in [1.29, 1.82) is 0 Å². The van der Waals surface area contributed by atoms with Gasteiger partial charge in [-0.1, -0.05) is 12.1 Å². The number of aromatic nitrogens is 1. The maximum absolute atomic E-state index is 11.5. The molecule has 0 aliphatic heterocycles. The van der Waals surface area contributed by atoms with Crippen LogP contribution < -0.4 is 5.76 Å². The number of rotatable bonds is 3. The van der Waals surface area contributed by atoms with Crippen molar-refractivity contribution in [3.05, 3.63) is 34.8 Å². The molecule has 0 unspecified atom stereocenters. The quantitative estimate of drug-likeness (QED) is 0.756. The topological polar surface area (TPSA) is 38.4 Å². The maximum atomic E-state index is 11.5. The summed E-state index contributed by atoms with van der Waals surface area (Å²) in [7, 11) is 3.96. The number of hydrogen-bond acceptors (Lipinski definition) is 3. The van der Waals surface area contributed by atoms with Crippen molar-refractivity contribution >= 4 is 11.1 Å². The Kier molecular flexibility index (Phi) is 2.60. The Bertz CT molecular complexity index is 511. The van der Waals surface area contributed by atoms with E-state index in [0.29, 0.717) is 12.1 Å². The van der Waals surface area contributed by atoms with Gasteiger partial charge in [-0.05, 0) is 26.2 Å². The molecule has 4 nitrogen and oxygen atoms in total. The smallest absolute Gasteiger partial charge is 0.408 e. The van der Waals surface area contributed by atoms with Gasteiger partial charge in [0.25, 0.3) is 0 Å². The summed E-state index contributed by atoms with van der Waals surface area (Å²) in [5.74, 6) is -0.280. The number of hydrogen-bond donors (Lipinski definition) is 0. The lowest BCUT2D eigenvalue weighted by atomic mass is 10.3. The van der Waals surface area contributed by atoms with Crippen molar-refractivity contribution in [1.82, 2.24) is 9.47 Å².